The number of hydrogen-bond acceptors (Lipinski definition) is 0. The van der Waals surface area contributed by atoms with E-state index in [2.05, 4.69) is 76.2 Å². The smallest absolute Gasteiger partial charge is 0.0181 e. The molecule has 2 rings (SSSR count). The lowest BCUT2D eigenvalue weighted by Crippen LogP contribution is -1.90. The first-order chi connectivity index (χ1) is 9.56. The summed E-state index contributed by atoms with van der Waals surface area (Å²) in [4.78, 5) is 0. The van der Waals surface area contributed by atoms with Gasteiger partial charge in [-0.2, -0.15) is 0 Å². The van der Waals surface area contributed by atoms with Crippen LogP contribution in [0.1, 0.15) is 39.7 Å². The molecule has 0 aliphatic rings. The van der Waals surface area contributed by atoms with E-state index in [-0.39, 0.29) is 0 Å². The average molecular weight is 264 g/mol. The summed E-state index contributed by atoms with van der Waals surface area (Å²) >= 11 is 0. The maximum absolute atomic E-state index is 2.32. The van der Waals surface area contributed by atoms with Crippen molar-refractivity contribution in [3.63, 3.8) is 0 Å². The van der Waals surface area contributed by atoms with Gasteiger partial charge in [-0.3, -0.25) is 0 Å². The Kier molecular flexibility index (Phi) is 4.79. The third-order valence-corrected chi connectivity index (χ3v) is 3.60. The predicted octanol–water partition coefficient (Wildman–Crippen LogP) is 6.08. The standard InChI is InChI=1S/C20H24/c1-15(2)13-19(16(3)4)12-10-17-9-11-18-7-5-6-8-20(18)14-17/h5-9,11,13-14H,10,12H2,1-4H3. The Labute approximate surface area is 122 Å². The normalized spacial score (nSPS) is 10.4. The number of allylic oxidation sites excluding steroid dienone is 4. The Balaban J connectivity index is 2.16. The summed E-state index contributed by atoms with van der Waals surface area (Å²) in [6.07, 6.45) is 4.54. The SMILES string of the molecule is CC(C)=CC(CCc1ccc2ccccc2c1)=C(C)C. The van der Waals surface area contributed by atoms with Gasteiger partial charge < -0.3 is 0 Å². The third kappa shape index (κ3) is 3.84. The quantitative estimate of drug-likeness (QED) is 0.587. The zero-order chi connectivity index (χ0) is 14.5. The molecule has 0 atom stereocenters. The largest absolute Gasteiger partial charge is 0.0762 e. The molecule has 0 aromatic heterocycles. The molecule has 2 aromatic carbocycles. The number of benzene rings is 2. The summed E-state index contributed by atoms with van der Waals surface area (Å²) in [7, 11) is 0. The van der Waals surface area contributed by atoms with Gasteiger partial charge in [-0.25, -0.2) is 0 Å². The van der Waals surface area contributed by atoms with E-state index in [1.807, 2.05) is 0 Å². The van der Waals surface area contributed by atoms with Gasteiger partial charge in [0.05, 0.1) is 0 Å². The van der Waals surface area contributed by atoms with Gasteiger partial charge in [0.2, 0.25) is 0 Å². The van der Waals surface area contributed by atoms with E-state index < -0.39 is 0 Å². The third-order valence-electron chi connectivity index (χ3n) is 3.60. The maximum Gasteiger partial charge on any atom is -0.0181 e. The summed E-state index contributed by atoms with van der Waals surface area (Å²) in [5.74, 6) is 0. The lowest BCUT2D eigenvalue weighted by molar-refractivity contribution is 0.946. The number of fused-ring (bicyclic) bond motifs is 1. The van der Waals surface area contributed by atoms with E-state index >= 15 is 0 Å². The fourth-order valence-corrected chi connectivity index (χ4v) is 2.49. The summed E-state index contributed by atoms with van der Waals surface area (Å²) in [6.45, 7) is 8.74. The van der Waals surface area contributed by atoms with Crippen LogP contribution in [-0.2, 0) is 6.42 Å². The molecule has 0 bridgehead atoms. The van der Waals surface area contributed by atoms with Gasteiger partial charge in [-0.1, -0.05) is 59.7 Å². The lowest BCUT2D eigenvalue weighted by Gasteiger charge is -2.08. The highest BCUT2D eigenvalue weighted by Gasteiger charge is 2.00. The molecule has 0 N–H and O–H groups in total. The van der Waals surface area contributed by atoms with Crippen molar-refractivity contribution in [1.82, 2.24) is 0 Å². The van der Waals surface area contributed by atoms with Gasteiger partial charge in [0.1, 0.15) is 0 Å². The second kappa shape index (κ2) is 6.56. The van der Waals surface area contributed by atoms with Gasteiger partial charge >= 0.3 is 0 Å². The Morgan fingerprint density at radius 2 is 1.60 bits per heavy atom. The molecule has 0 nitrogen and oxygen atoms in total. The van der Waals surface area contributed by atoms with Gasteiger partial charge in [-0.15, -0.1) is 0 Å². The molecule has 104 valence electrons. The summed E-state index contributed by atoms with van der Waals surface area (Å²) < 4.78 is 0. The zero-order valence-electron chi connectivity index (χ0n) is 13.0. The van der Waals surface area contributed by atoms with Crippen molar-refractivity contribution in [2.24, 2.45) is 0 Å². The van der Waals surface area contributed by atoms with Crippen LogP contribution in [0.15, 0.2) is 65.3 Å². The van der Waals surface area contributed by atoms with Crippen LogP contribution in [0, 0.1) is 0 Å². The molecule has 0 radical (unpaired) electrons. The van der Waals surface area contributed by atoms with Crippen molar-refractivity contribution in [2.75, 3.05) is 0 Å². The van der Waals surface area contributed by atoms with Crippen LogP contribution >= 0.6 is 0 Å². The first-order valence-corrected chi connectivity index (χ1v) is 7.35. The topological polar surface area (TPSA) is 0 Å². The molecule has 0 spiro atoms. The number of hydrogen-bond donors (Lipinski definition) is 0. The van der Waals surface area contributed by atoms with E-state index in [9.17, 15) is 0 Å². The average Bonchev–Trinajstić information content (AvgIpc) is 2.42. The van der Waals surface area contributed by atoms with Crippen LogP contribution in [0.25, 0.3) is 10.8 Å². The first kappa shape index (κ1) is 14.6. The van der Waals surface area contributed by atoms with E-state index in [1.165, 1.54) is 33.1 Å². The fraction of sp³-hybridized carbons (Fsp3) is 0.300. The van der Waals surface area contributed by atoms with Crippen molar-refractivity contribution in [1.29, 1.82) is 0 Å². The van der Waals surface area contributed by atoms with Crippen LogP contribution in [-0.4, -0.2) is 0 Å². The molecule has 0 heterocycles. The summed E-state index contributed by atoms with van der Waals surface area (Å²) in [5.41, 5.74) is 5.69. The molecule has 0 aliphatic carbocycles. The molecule has 0 fully saturated rings. The van der Waals surface area contributed by atoms with Crippen molar-refractivity contribution < 1.29 is 0 Å². The minimum atomic E-state index is 1.11. The predicted molar refractivity (Wildman–Crippen MR) is 90.1 cm³/mol. The van der Waals surface area contributed by atoms with Gasteiger partial charge in [0, 0.05) is 0 Å². The molecule has 0 amide bonds. The van der Waals surface area contributed by atoms with Crippen LogP contribution < -0.4 is 0 Å². The molecule has 2 aromatic rings. The lowest BCUT2D eigenvalue weighted by atomic mass is 9.98. The monoisotopic (exact) mass is 264 g/mol. The second-order valence-electron chi connectivity index (χ2n) is 5.93. The zero-order valence-corrected chi connectivity index (χ0v) is 13.0. The van der Waals surface area contributed by atoms with E-state index in [4.69, 9.17) is 0 Å². The Morgan fingerprint density at radius 3 is 2.25 bits per heavy atom. The van der Waals surface area contributed by atoms with Crippen molar-refractivity contribution in [2.45, 2.75) is 40.5 Å². The molecule has 0 unspecified atom stereocenters. The summed E-state index contributed by atoms with van der Waals surface area (Å²) in [6, 6.07) is 15.4. The van der Waals surface area contributed by atoms with E-state index in [0.29, 0.717) is 0 Å². The highest BCUT2D eigenvalue weighted by molar-refractivity contribution is 5.82. The molecule has 0 saturated carbocycles. The van der Waals surface area contributed by atoms with Crippen LogP contribution in [0.5, 0.6) is 0 Å². The van der Waals surface area contributed by atoms with Gasteiger partial charge in [-0.05, 0) is 62.4 Å². The number of aryl methyl sites for hydroxylation is 1. The van der Waals surface area contributed by atoms with E-state index in [1.54, 1.807) is 0 Å². The summed E-state index contributed by atoms with van der Waals surface area (Å²) in [5, 5.41) is 2.66. The highest BCUT2D eigenvalue weighted by atomic mass is 14.1. The van der Waals surface area contributed by atoms with E-state index in [0.717, 1.165) is 12.8 Å². The van der Waals surface area contributed by atoms with Crippen LogP contribution in [0.3, 0.4) is 0 Å². The van der Waals surface area contributed by atoms with Crippen LogP contribution in [0.2, 0.25) is 0 Å². The van der Waals surface area contributed by atoms with Crippen molar-refractivity contribution in [3.8, 4) is 0 Å². The minimum absolute atomic E-state index is 1.11. The molecule has 0 saturated heterocycles. The van der Waals surface area contributed by atoms with Crippen molar-refractivity contribution in [3.05, 3.63) is 70.8 Å². The second-order valence-corrected chi connectivity index (χ2v) is 5.93. The van der Waals surface area contributed by atoms with Crippen LogP contribution in [0.4, 0.5) is 0 Å². The fourth-order valence-electron chi connectivity index (χ4n) is 2.49. The Morgan fingerprint density at radius 1 is 0.900 bits per heavy atom. The molecular weight excluding hydrogens is 240 g/mol. The van der Waals surface area contributed by atoms with Crippen molar-refractivity contribution >= 4 is 10.8 Å². The molecule has 0 heteroatoms. The Hall–Kier alpha value is -1.82. The van der Waals surface area contributed by atoms with Gasteiger partial charge in [0.15, 0.2) is 0 Å². The van der Waals surface area contributed by atoms with Gasteiger partial charge in [0.25, 0.3) is 0 Å². The minimum Gasteiger partial charge on any atom is -0.0762 e. The molecular formula is C20H24. The first-order valence-electron chi connectivity index (χ1n) is 7.35. The maximum atomic E-state index is 2.32. The highest BCUT2D eigenvalue weighted by Crippen LogP contribution is 2.20. The Bertz CT molecular complexity index is 649. The number of rotatable bonds is 4. The molecule has 0 aliphatic heterocycles. The molecule has 20 heavy (non-hydrogen) atoms.